The number of hydrogen-bond acceptors (Lipinski definition) is 4. The molecule has 7 heteroatoms. The van der Waals surface area contributed by atoms with Crippen LogP contribution in [0.4, 0.5) is 14.9 Å². The Balaban J connectivity index is 1.71. The Morgan fingerprint density at radius 1 is 1.23 bits per heavy atom. The third-order valence-corrected chi connectivity index (χ3v) is 3.12. The maximum absolute atomic E-state index is 12.8. The summed E-state index contributed by atoms with van der Waals surface area (Å²) in [5.74, 6) is 0.0856. The second-order valence-electron chi connectivity index (χ2n) is 4.72. The van der Waals surface area contributed by atoms with Crippen LogP contribution in [-0.4, -0.2) is 22.5 Å². The van der Waals surface area contributed by atoms with Gasteiger partial charge in [0.15, 0.2) is 0 Å². The van der Waals surface area contributed by atoms with Gasteiger partial charge in [-0.3, -0.25) is 4.90 Å². The summed E-state index contributed by atoms with van der Waals surface area (Å²) in [4.78, 5) is 21.5. The first kappa shape index (κ1) is 14.0. The topological polar surface area (TPSA) is 67.3 Å². The summed E-state index contributed by atoms with van der Waals surface area (Å²) in [5.41, 5.74) is 1.26. The number of rotatable bonds is 3. The number of nitrogens with one attached hydrogen (secondary N) is 1. The number of carbonyl (C=O) groups excluding carboxylic acids is 1. The SMILES string of the molecule is C=C1CCN(c2cnc(Oc3ccc(F)cc3)nc2)C(=O)N1. The highest BCUT2D eigenvalue weighted by Gasteiger charge is 2.21. The molecule has 2 heterocycles. The Labute approximate surface area is 126 Å². The van der Waals surface area contributed by atoms with Gasteiger partial charge in [0, 0.05) is 18.7 Å². The molecule has 1 aliphatic heterocycles. The summed E-state index contributed by atoms with van der Waals surface area (Å²) in [6.07, 6.45) is 3.67. The lowest BCUT2D eigenvalue weighted by molar-refractivity contribution is 0.246. The van der Waals surface area contributed by atoms with Crippen LogP contribution in [0, 0.1) is 5.82 Å². The Morgan fingerprint density at radius 3 is 2.55 bits per heavy atom. The number of amides is 2. The third-order valence-electron chi connectivity index (χ3n) is 3.12. The fourth-order valence-corrected chi connectivity index (χ4v) is 1.99. The van der Waals surface area contributed by atoms with Crippen molar-refractivity contribution in [2.45, 2.75) is 6.42 Å². The van der Waals surface area contributed by atoms with E-state index in [4.69, 9.17) is 4.74 Å². The standard InChI is InChI=1S/C15H13FN4O2/c1-10-6-7-20(15(21)19-10)12-8-17-14(18-9-12)22-13-4-2-11(16)3-5-13/h2-5,8-9H,1,6-7H2,(H,19,21). The number of hydrogen-bond donors (Lipinski definition) is 1. The molecule has 1 aliphatic rings. The minimum absolute atomic E-state index is 0.122. The molecule has 2 aromatic rings. The van der Waals surface area contributed by atoms with E-state index in [9.17, 15) is 9.18 Å². The highest BCUT2D eigenvalue weighted by atomic mass is 19.1. The number of benzene rings is 1. The van der Waals surface area contributed by atoms with E-state index in [1.807, 2.05) is 0 Å². The van der Waals surface area contributed by atoms with Gasteiger partial charge in [-0.1, -0.05) is 6.58 Å². The molecule has 1 aromatic heterocycles. The van der Waals surface area contributed by atoms with Crippen LogP contribution < -0.4 is 15.0 Å². The van der Waals surface area contributed by atoms with Crippen molar-refractivity contribution < 1.29 is 13.9 Å². The second kappa shape index (κ2) is 5.80. The smallest absolute Gasteiger partial charge is 0.326 e. The minimum atomic E-state index is -0.346. The van der Waals surface area contributed by atoms with Crippen molar-refractivity contribution >= 4 is 11.7 Å². The van der Waals surface area contributed by atoms with Crippen LogP contribution in [0.2, 0.25) is 0 Å². The van der Waals surface area contributed by atoms with E-state index in [-0.39, 0.29) is 17.9 Å². The van der Waals surface area contributed by atoms with E-state index in [1.165, 1.54) is 41.6 Å². The number of ether oxygens (including phenoxy) is 1. The molecular formula is C15H13FN4O2. The Bertz CT molecular complexity index is 700. The average molecular weight is 300 g/mol. The number of halogens is 1. The summed E-state index contributed by atoms with van der Waals surface area (Å²) < 4.78 is 18.2. The van der Waals surface area contributed by atoms with E-state index >= 15 is 0 Å². The molecule has 1 saturated heterocycles. The maximum atomic E-state index is 12.8. The van der Waals surface area contributed by atoms with Crippen LogP contribution in [0.25, 0.3) is 0 Å². The lowest BCUT2D eigenvalue weighted by Gasteiger charge is -2.28. The minimum Gasteiger partial charge on any atom is -0.424 e. The summed E-state index contributed by atoms with van der Waals surface area (Å²) in [5, 5.41) is 2.66. The van der Waals surface area contributed by atoms with Crippen LogP contribution in [-0.2, 0) is 0 Å². The molecule has 6 nitrogen and oxygen atoms in total. The number of aromatic nitrogens is 2. The van der Waals surface area contributed by atoms with Crippen molar-refractivity contribution in [3.63, 3.8) is 0 Å². The molecule has 0 saturated carbocycles. The molecule has 0 bridgehead atoms. The van der Waals surface area contributed by atoms with Crippen LogP contribution >= 0.6 is 0 Å². The van der Waals surface area contributed by atoms with E-state index in [1.54, 1.807) is 0 Å². The first-order valence-electron chi connectivity index (χ1n) is 6.63. The molecule has 0 aliphatic carbocycles. The van der Waals surface area contributed by atoms with Crippen molar-refractivity contribution in [1.29, 1.82) is 0 Å². The van der Waals surface area contributed by atoms with Crippen LogP contribution in [0.1, 0.15) is 6.42 Å². The van der Waals surface area contributed by atoms with Crippen molar-refractivity contribution in [1.82, 2.24) is 15.3 Å². The van der Waals surface area contributed by atoms with Crippen molar-refractivity contribution in [3.8, 4) is 11.8 Å². The highest BCUT2D eigenvalue weighted by Crippen LogP contribution is 2.21. The lowest BCUT2D eigenvalue weighted by atomic mass is 10.2. The van der Waals surface area contributed by atoms with Gasteiger partial charge in [-0.15, -0.1) is 0 Å². The summed E-state index contributed by atoms with van der Waals surface area (Å²) >= 11 is 0. The molecule has 1 fully saturated rings. The summed E-state index contributed by atoms with van der Waals surface area (Å²) in [6.45, 7) is 4.24. The zero-order valence-corrected chi connectivity index (χ0v) is 11.6. The van der Waals surface area contributed by atoms with Crippen molar-refractivity contribution in [3.05, 3.63) is 54.8 Å². The van der Waals surface area contributed by atoms with E-state index in [0.29, 0.717) is 30.1 Å². The molecule has 1 N–H and O–H groups in total. The monoisotopic (exact) mass is 300 g/mol. The Kier molecular flexibility index (Phi) is 3.69. The lowest BCUT2D eigenvalue weighted by Crippen LogP contribution is -2.45. The molecule has 0 atom stereocenters. The zero-order chi connectivity index (χ0) is 15.5. The van der Waals surface area contributed by atoms with Crippen molar-refractivity contribution in [2.24, 2.45) is 0 Å². The van der Waals surface area contributed by atoms with Gasteiger partial charge >= 0.3 is 12.0 Å². The van der Waals surface area contributed by atoms with Crippen LogP contribution in [0.5, 0.6) is 11.8 Å². The molecule has 1 aromatic carbocycles. The zero-order valence-electron chi connectivity index (χ0n) is 11.6. The van der Waals surface area contributed by atoms with Gasteiger partial charge in [0.1, 0.15) is 11.6 Å². The molecule has 0 spiro atoms. The van der Waals surface area contributed by atoms with Gasteiger partial charge in [-0.05, 0) is 24.3 Å². The highest BCUT2D eigenvalue weighted by molar-refractivity contribution is 5.93. The van der Waals surface area contributed by atoms with Gasteiger partial charge in [0.05, 0.1) is 18.1 Å². The summed E-state index contributed by atoms with van der Waals surface area (Å²) in [7, 11) is 0. The van der Waals surface area contributed by atoms with Gasteiger partial charge in [0.25, 0.3) is 0 Å². The number of urea groups is 1. The largest absolute Gasteiger partial charge is 0.424 e. The number of nitrogens with zero attached hydrogens (tertiary/aromatic N) is 3. The molecule has 3 rings (SSSR count). The molecular weight excluding hydrogens is 287 g/mol. The van der Waals surface area contributed by atoms with Gasteiger partial charge in [0.2, 0.25) is 0 Å². The predicted molar refractivity (Wildman–Crippen MR) is 78.1 cm³/mol. The van der Waals surface area contributed by atoms with E-state index < -0.39 is 0 Å². The Morgan fingerprint density at radius 2 is 1.91 bits per heavy atom. The second-order valence-corrected chi connectivity index (χ2v) is 4.72. The fourth-order valence-electron chi connectivity index (χ4n) is 1.99. The Hall–Kier alpha value is -2.96. The van der Waals surface area contributed by atoms with E-state index in [2.05, 4.69) is 21.9 Å². The fraction of sp³-hybridized carbons (Fsp3) is 0.133. The van der Waals surface area contributed by atoms with Crippen molar-refractivity contribution in [2.75, 3.05) is 11.4 Å². The van der Waals surface area contributed by atoms with Gasteiger partial charge < -0.3 is 10.1 Å². The quantitative estimate of drug-likeness (QED) is 0.946. The molecule has 112 valence electrons. The molecule has 0 unspecified atom stereocenters. The molecule has 22 heavy (non-hydrogen) atoms. The average Bonchev–Trinajstić information content (AvgIpc) is 2.51. The first-order chi connectivity index (χ1) is 10.6. The number of anilines is 1. The van der Waals surface area contributed by atoms with Gasteiger partial charge in [-0.25, -0.2) is 19.2 Å². The first-order valence-corrected chi connectivity index (χ1v) is 6.63. The third kappa shape index (κ3) is 3.03. The molecule has 0 radical (unpaired) electrons. The van der Waals surface area contributed by atoms with Crippen LogP contribution in [0.3, 0.4) is 0 Å². The van der Waals surface area contributed by atoms with E-state index in [0.717, 1.165) is 0 Å². The normalized spacial score (nSPS) is 14.7. The molecule has 2 amide bonds. The predicted octanol–water partition coefficient (Wildman–Crippen LogP) is 2.84. The summed E-state index contributed by atoms with van der Waals surface area (Å²) in [6, 6.07) is 5.40. The van der Waals surface area contributed by atoms with Crippen LogP contribution in [0.15, 0.2) is 48.9 Å². The maximum Gasteiger partial charge on any atom is 0.326 e. The van der Waals surface area contributed by atoms with Gasteiger partial charge in [-0.2, -0.15) is 0 Å². The number of carbonyl (C=O) groups is 1.